The molecule has 0 aliphatic carbocycles. The zero-order valence-corrected chi connectivity index (χ0v) is 9.38. The summed E-state index contributed by atoms with van der Waals surface area (Å²) in [5.41, 5.74) is 4.99. The van der Waals surface area contributed by atoms with Crippen molar-refractivity contribution in [3.05, 3.63) is 64.3 Å². The fourth-order valence-corrected chi connectivity index (χ4v) is 1.69. The Labute approximate surface area is 102 Å². The van der Waals surface area contributed by atoms with E-state index in [4.69, 9.17) is 5.73 Å². The molecule has 0 bridgehead atoms. The number of benzene rings is 1. The maximum absolute atomic E-state index is 13.5. The van der Waals surface area contributed by atoms with Gasteiger partial charge in [0.25, 0.3) is 0 Å². The minimum absolute atomic E-state index is 0.0372. The van der Waals surface area contributed by atoms with Gasteiger partial charge in [0.1, 0.15) is 11.6 Å². The van der Waals surface area contributed by atoms with Gasteiger partial charge in [0.2, 0.25) is 0 Å². The summed E-state index contributed by atoms with van der Waals surface area (Å²) >= 11 is 0. The molecule has 2 rings (SSSR count). The van der Waals surface area contributed by atoms with E-state index >= 15 is 0 Å². The molecule has 94 valence electrons. The van der Waals surface area contributed by atoms with Gasteiger partial charge < -0.3 is 5.73 Å². The SMILES string of the molecule is NC(Cn1cccnc1=O)c1c(F)cccc1F. The second kappa shape index (κ2) is 5.05. The third-order valence-electron chi connectivity index (χ3n) is 2.55. The van der Waals surface area contributed by atoms with Gasteiger partial charge in [0, 0.05) is 24.5 Å². The zero-order valence-electron chi connectivity index (χ0n) is 9.38. The number of nitrogens with zero attached hydrogens (tertiary/aromatic N) is 2. The smallest absolute Gasteiger partial charge is 0.322 e. The molecule has 0 amide bonds. The predicted octanol–water partition coefficient (Wildman–Crippen LogP) is 1.22. The first-order valence-corrected chi connectivity index (χ1v) is 5.30. The first-order valence-electron chi connectivity index (χ1n) is 5.30. The van der Waals surface area contributed by atoms with Gasteiger partial charge in [-0.05, 0) is 18.2 Å². The predicted molar refractivity (Wildman–Crippen MR) is 61.8 cm³/mol. The third kappa shape index (κ3) is 2.43. The molecule has 0 saturated heterocycles. The molecule has 1 atom stereocenters. The molecule has 1 unspecified atom stereocenters. The summed E-state index contributed by atoms with van der Waals surface area (Å²) in [5, 5.41) is 0. The van der Waals surface area contributed by atoms with Gasteiger partial charge in [-0.3, -0.25) is 4.57 Å². The number of halogens is 2. The van der Waals surface area contributed by atoms with E-state index in [1.165, 1.54) is 23.0 Å². The minimum atomic E-state index is -0.951. The Morgan fingerprint density at radius 2 is 1.94 bits per heavy atom. The Morgan fingerprint density at radius 3 is 2.56 bits per heavy atom. The molecule has 0 saturated carbocycles. The molecule has 0 aliphatic heterocycles. The van der Waals surface area contributed by atoms with E-state index < -0.39 is 23.4 Å². The van der Waals surface area contributed by atoms with Gasteiger partial charge in [0.15, 0.2) is 0 Å². The monoisotopic (exact) mass is 251 g/mol. The maximum atomic E-state index is 13.5. The van der Waals surface area contributed by atoms with Crippen molar-refractivity contribution in [2.45, 2.75) is 12.6 Å². The van der Waals surface area contributed by atoms with E-state index in [1.807, 2.05) is 0 Å². The first-order chi connectivity index (χ1) is 8.59. The molecule has 2 N–H and O–H groups in total. The van der Waals surface area contributed by atoms with E-state index in [2.05, 4.69) is 4.98 Å². The highest BCUT2D eigenvalue weighted by atomic mass is 19.1. The molecule has 0 aliphatic rings. The van der Waals surface area contributed by atoms with E-state index in [1.54, 1.807) is 6.07 Å². The van der Waals surface area contributed by atoms with E-state index in [-0.39, 0.29) is 12.1 Å². The summed E-state index contributed by atoms with van der Waals surface area (Å²) in [5.74, 6) is -1.45. The Hall–Kier alpha value is -2.08. The summed E-state index contributed by atoms with van der Waals surface area (Å²) in [6.07, 6.45) is 2.81. The molecule has 1 aromatic carbocycles. The van der Waals surface area contributed by atoms with Crippen LogP contribution >= 0.6 is 0 Å². The average molecular weight is 251 g/mol. The van der Waals surface area contributed by atoms with Crippen LogP contribution in [0.2, 0.25) is 0 Å². The molecule has 0 fully saturated rings. The van der Waals surface area contributed by atoms with Crippen LogP contribution in [0.15, 0.2) is 41.5 Å². The van der Waals surface area contributed by atoms with Crippen LogP contribution in [0, 0.1) is 11.6 Å². The molecule has 0 radical (unpaired) electrons. The van der Waals surface area contributed by atoms with Crippen molar-refractivity contribution in [1.82, 2.24) is 9.55 Å². The molecule has 6 heteroatoms. The number of aromatic nitrogens is 2. The van der Waals surface area contributed by atoms with Crippen molar-refractivity contribution in [2.75, 3.05) is 0 Å². The molecular formula is C12H11F2N3O. The van der Waals surface area contributed by atoms with Crippen LogP contribution in [-0.4, -0.2) is 9.55 Å². The van der Waals surface area contributed by atoms with Crippen molar-refractivity contribution in [1.29, 1.82) is 0 Å². The lowest BCUT2D eigenvalue weighted by Gasteiger charge is -2.14. The molecule has 0 spiro atoms. The Bertz CT molecular complexity index is 592. The highest BCUT2D eigenvalue weighted by molar-refractivity contribution is 5.22. The van der Waals surface area contributed by atoms with E-state index in [0.717, 1.165) is 12.1 Å². The fourth-order valence-electron chi connectivity index (χ4n) is 1.69. The summed E-state index contributed by atoms with van der Waals surface area (Å²) in [7, 11) is 0. The first kappa shape index (κ1) is 12.4. The minimum Gasteiger partial charge on any atom is -0.322 e. The van der Waals surface area contributed by atoms with Crippen LogP contribution in [-0.2, 0) is 6.54 Å². The summed E-state index contributed by atoms with van der Waals surface area (Å²) in [6, 6.07) is 4.12. The maximum Gasteiger partial charge on any atom is 0.347 e. The van der Waals surface area contributed by atoms with Crippen LogP contribution in [0.4, 0.5) is 8.78 Å². The average Bonchev–Trinajstić information content (AvgIpc) is 2.32. The zero-order chi connectivity index (χ0) is 13.1. The molecular weight excluding hydrogens is 240 g/mol. The molecule has 18 heavy (non-hydrogen) atoms. The standard InChI is InChI=1S/C12H11F2N3O/c13-8-3-1-4-9(14)11(8)10(15)7-17-6-2-5-16-12(17)18/h1-6,10H,7,15H2. The van der Waals surface area contributed by atoms with Gasteiger partial charge in [-0.25, -0.2) is 18.6 Å². The lowest BCUT2D eigenvalue weighted by atomic mass is 10.1. The highest BCUT2D eigenvalue weighted by Crippen LogP contribution is 2.19. The summed E-state index contributed by atoms with van der Waals surface area (Å²) in [6.45, 7) is -0.0372. The Morgan fingerprint density at radius 1 is 1.28 bits per heavy atom. The van der Waals surface area contributed by atoms with Crippen molar-refractivity contribution < 1.29 is 8.78 Å². The molecule has 1 aromatic heterocycles. The Kier molecular flexibility index (Phi) is 3.47. The fraction of sp³-hybridized carbons (Fsp3) is 0.167. The molecule has 4 nitrogen and oxygen atoms in total. The molecule has 1 heterocycles. The van der Waals surface area contributed by atoms with Crippen molar-refractivity contribution in [2.24, 2.45) is 5.73 Å². The topological polar surface area (TPSA) is 60.9 Å². The number of hydrogen-bond donors (Lipinski definition) is 1. The van der Waals surface area contributed by atoms with Crippen LogP contribution in [0.3, 0.4) is 0 Å². The number of rotatable bonds is 3. The van der Waals surface area contributed by atoms with Gasteiger partial charge in [-0.1, -0.05) is 6.07 Å². The van der Waals surface area contributed by atoms with Crippen LogP contribution in [0.1, 0.15) is 11.6 Å². The van der Waals surface area contributed by atoms with Crippen molar-refractivity contribution >= 4 is 0 Å². The Balaban J connectivity index is 2.31. The lowest BCUT2D eigenvalue weighted by molar-refractivity contribution is 0.482. The van der Waals surface area contributed by atoms with Gasteiger partial charge >= 0.3 is 5.69 Å². The largest absolute Gasteiger partial charge is 0.347 e. The quantitative estimate of drug-likeness (QED) is 0.892. The second-order valence-electron chi connectivity index (χ2n) is 3.80. The van der Waals surface area contributed by atoms with Gasteiger partial charge in [-0.2, -0.15) is 0 Å². The van der Waals surface area contributed by atoms with Crippen molar-refractivity contribution in [3.63, 3.8) is 0 Å². The number of nitrogens with two attached hydrogens (primary N) is 1. The van der Waals surface area contributed by atoms with Crippen LogP contribution < -0.4 is 11.4 Å². The number of hydrogen-bond acceptors (Lipinski definition) is 3. The normalized spacial score (nSPS) is 12.4. The summed E-state index contributed by atoms with van der Waals surface area (Å²) < 4.78 is 28.2. The van der Waals surface area contributed by atoms with Gasteiger partial charge in [-0.15, -0.1) is 0 Å². The third-order valence-corrected chi connectivity index (χ3v) is 2.55. The van der Waals surface area contributed by atoms with Crippen LogP contribution in [0.5, 0.6) is 0 Å². The lowest BCUT2D eigenvalue weighted by Crippen LogP contribution is -2.28. The molecule has 2 aromatic rings. The van der Waals surface area contributed by atoms with E-state index in [0.29, 0.717) is 0 Å². The van der Waals surface area contributed by atoms with Gasteiger partial charge in [0.05, 0.1) is 6.04 Å². The second-order valence-corrected chi connectivity index (χ2v) is 3.80. The highest BCUT2D eigenvalue weighted by Gasteiger charge is 2.17. The summed E-state index contributed by atoms with van der Waals surface area (Å²) in [4.78, 5) is 14.9. The van der Waals surface area contributed by atoms with E-state index in [9.17, 15) is 13.6 Å². The van der Waals surface area contributed by atoms with Crippen LogP contribution in [0.25, 0.3) is 0 Å². The van der Waals surface area contributed by atoms with Crippen molar-refractivity contribution in [3.8, 4) is 0 Å².